The fraction of sp³-hybridized carbons (Fsp3) is 0.188. The maximum Gasteiger partial charge on any atom is 0.231 e. The average Bonchev–Trinajstić information content (AvgIpc) is 2.85. The highest BCUT2D eigenvalue weighted by Gasteiger charge is 2.23. The molecule has 0 aliphatic carbocycles. The van der Waals surface area contributed by atoms with Crippen LogP contribution in [-0.2, 0) is 6.42 Å². The number of nitrogens with two attached hydrogens (primary N) is 1. The van der Waals surface area contributed by atoms with E-state index in [9.17, 15) is 0 Å². The van der Waals surface area contributed by atoms with Gasteiger partial charge in [-0.3, -0.25) is 0 Å². The molecule has 4 rings (SSSR count). The van der Waals surface area contributed by atoms with Crippen LogP contribution in [0.25, 0.3) is 0 Å². The van der Waals surface area contributed by atoms with E-state index in [2.05, 4.69) is 10.5 Å². The SMILES string of the molecule is Nc1ccc(C2=NNCCc3cc4c(cc32)OCO4)c(Cl)c1. The predicted octanol–water partition coefficient (Wildman–Crippen LogP) is 2.55. The van der Waals surface area contributed by atoms with Crippen molar-refractivity contribution in [1.82, 2.24) is 5.43 Å². The third-order valence-electron chi connectivity index (χ3n) is 3.80. The molecule has 0 atom stereocenters. The second kappa shape index (κ2) is 5.10. The molecule has 0 amide bonds. The van der Waals surface area contributed by atoms with Gasteiger partial charge in [-0.25, -0.2) is 0 Å². The topological polar surface area (TPSA) is 68.9 Å². The monoisotopic (exact) mass is 315 g/mol. The van der Waals surface area contributed by atoms with E-state index in [1.54, 1.807) is 6.07 Å². The quantitative estimate of drug-likeness (QED) is 0.794. The number of anilines is 1. The van der Waals surface area contributed by atoms with E-state index in [0.717, 1.165) is 46.9 Å². The lowest BCUT2D eigenvalue weighted by molar-refractivity contribution is 0.174. The maximum absolute atomic E-state index is 6.36. The first-order valence-electron chi connectivity index (χ1n) is 7.01. The summed E-state index contributed by atoms with van der Waals surface area (Å²) in [6.45, 7) is 1.01. The van der Waals surface area contributed by atoms with Gasteiger partial charge in [0.15, 0.2) is 11.5 Å². The van der Waals surface area contributed by atoms with Gasteiger partial charge in [0, 0.05) is 23.4 Å². The van der Waals surface area contributed by atoms with Crippen molar-refractivity contribution in [3.8, 4) is 11.5 Å². The van der Waals surface area contributed by atoms with Crippen LogP contribution in [0.5, 0.6) is 11.5 Å². The van der Waals surface area contributed by atoms with E-state index < -0.39 is 0 Å². The van der Waals surface area contributed by atoms with Gasteiger partial charge in [-0.2, -0.15) is 5.10 Å². The summed E-state index contributed by atoms with van der Waals surface area (Å²) in [6, 6.07) is 9.43. The summed E-state index contributed by atoms with van der Waals surface area (Å²) in [7, 11) is 0. The van der Waals surface area contributed by atoms with Crippen LogP contribution in [0.2, 0.25) is 5.02 Å². The van der Waals surface area contributed by atoms with Crippen molar-refractivity contribution in [2.45, 2.75) is 6.42 Å². The number of hydrogen-bond donors (Lipinski definition) is 2. The van der Waals surface area contributed by atoms with Crippen molar-refractivity contribution < 1.29 is 9.47 Å². The first-order valence-corrected chi connectivity index (χ1v) is 7.39. The van der Waals surface area contributed by atoms with Gasteiger partial charge in [0.05, 0.1) is 10.7 Å². The Balaban J connectivity index is 1.89. The number of fused-ring (bicyclic) bond motifs is 2. The molecule has 0 spiro atoms. The molecule has 0 bridgehead atoms. The Morgan fingerprint density at radius 2 is 1.91 bits per heavy atom. The van der Waals surface area contributed by atoms with Crippen molar-refractivity contribution in [1.29, 1.82) is 0 Å². The molecule has 0 unspecified atom stereocenters. The Bertz CT molecular complexity index is 789. The smallest absolute Gasteiger partial charge is 0.231 e. The standard InChI is InChI=1S/C16H14ClN3O2/c17-13-6-10(18)1-2-11(13)16-12-7-15-14(21-8-22-15)5-9(12)3-4-19-20-16/h1-2,5-7,19H,3-4,8,18H2. The fourth-order valence-electron chi connectivity index (χ4n) is 2.73. The second-order valence-electron chi connectivity index (χ2n) is 5.22. The molecule has 2 aliphatic heterocycles. The summed E-state index contributed by atoms with van der Waals surface area (Å²) < 4.78 is 10.9. The highest BCUT2D eigenvalue weighted by Crippen LogP contribution is 2.37. The van der Waals surface area contributed by atoms with Gasteiger partial charge >= 0.3 is 0 Å². The number of ether oxygens (including phenoxy) is 2. The number of hydrazone groups is 1. The summed E-state index contributed by atoms with van der Waals surface area (Å²) in [4.78, 5) is 0. The van der Waals surface area contributed by atoms with Crippen molar-refractivity contribution in [3.05, 3.63) is 52.0 Å². The number of nitrogens with zero attached hydrogens (tertiary/aromatic N) is 1. The number of benzene rings is 2. The highest BCUT2D eigenvalue weighted by molar-refractivity contribution is 6.35. The van der Waals surface area contributed by atoms with Gasteiger partial charge in [-0.1, -0.05) is 11.6 Å². The van der Waals surface area contributed by atoms with E-state index in [0.29, 0.717) is 10.7 Å². The molecule has 2 aromatic rings. The van der Waals surface area contributed by atoms with Crippen LogP contribution in [0.1, 0.15) is 16.7 Å². The van der Waals surface area contributed by atoms with Crippen LogP contribution < -0.4 is 20.6 Å². The Kier molecular flexibility index (Phi) is 3.08. The molecular weight excluding hydrogens is 302 g/mol. The maximum atomic E-state index is 6.36. The third-order valence-corrected chi connectivity index (χ3v) is 4.11. The third kappa shape index (κ3) is 2.14. The summed E-state index contributed by atoms with van der Waals surface area (Å²) in [5.74, 6) is 1.52. The molecule has 0 aromatic heterocycles. The van der Waals surface area contributed by atoms with Crippen molar-refractivity contribution in [2.75, 3.05) is 19.1 Å². The van der Waals surface area contributed by atoms with Gasteiger partial charge < -0.3 is 20.6 Å². The number of rotatable bonds is 1. The zero-order valence-corrected chi connectivity index (χ0v) is 12.5. The Hall–Kier alpha value is -2.40. The van der Waals surface area contributed by atoms with Crippen molar-refractivity contribution in [3.63, 3.8) is 0 Å². The normalized spacial score (nSPS) is 15.6. The van der Waals surface area contributed by atoms with Gasteiger partial charge in [-0.15, -0.1) is 0 Å². The predicted molar refractivity (Wildman–Crippen MR) is 85.8 cm³/mol. The number of hydrogen-bond acceptors (Lipinski definition) is 5. The van der Waals surface area contributed by atoms with E-state index in [-0.39, 0.29) is 6.79 Å². The summed E-state index contributed by atoms with van der Waals surface area (Å²) in [6.07, 6.45) is 0.853. The van der Waals surface area contributed by atoms with Crippen LogP contribution >= 0.6 is 11.6 Å². The summed E-state index contributed by atoms with van der Waals surface area (Å²) >= 11 is 6.36. The highest BCUT2D eigenvalue weighted by atomic mass is 35.5. The number of halogens is 1. The van der Waals surface area contributed by atoms with Crippen LogP contribution in [0, 0.1) is 0 Å². The Morgan fingerprint density at radius 1 is 1.09 bits per heavy atom. The zero-order chi connectivity index (χ0) is 15.1. The van der Waals surface area contributed by atoms with Crippen LogP contribution in [0.4, 0.5) is 5.69 Å². The van der Waals surface area contributed by atoms with Gasteiger partial charge in [0.1, 0.15) is 0 Å². The number of nitrogens with one attached hydrogen (secondary N) is 1. The molecule has 112 valence electrons. The van der Waals surface area contributed by atoms with Gasteiger partial charge in [-0.05, 0) is 42.3 Å². The molecule has 2 heterocycles. The van der Waals surface area contributed by atoms with Crippen LogP contribution in [-0.4, -0.2) is 19.0 Å². The molecule has 6 heteroatoms. The zero-order valence-electron chi connectivity index (χ0n) is 11.7. The molecule has 0 radical (unpaired) electrons. The van der Waals surface area contributed by atoms with E-state index in [4.69, 9.17) is 26.8 Å². The molecule has 0 saturated heterocycles. The van der Waals surface area contributed by atoms with Crippen LogP contribution in [0.15, 0.2) is 35.4 Å². The Labute approximate surface area is 132 Å². The minimum atomic E-state index is 0.256. The first kappa shape index (κ1) is 13.3. The van der Waals surface area contributed by atoms with Crippen LogP contribution in [0.3, 0.4) is 0 Å². The summed E-state index contributed by atoms with van der Waals surface area (Å²) in [5, 5.41) is 5.07. The number of nitrogen functional groups attached to an aromatic ring is 1. The lowest BCUT2D eigenvalue weighted by Gasteiger charge is -2.12. The average molecular weight is 316 g/mol. The molecule has 3 N–H and O–H groups in total. The van der Waals surface area contributed by atoms with Gasteiger partial charge in [0.25, 0.3) is 0 Å². The van der Waals surface area contributed by atoms with Crippen molar-refractivity contribution >= 4 is 23.0 Å². The molecule has 2 aliphatic rings. The molecular formula is C16H14ClN3O2. The van der Waals surface area contributed by atoms with Gasteiger partial charge in [0.2, 0.25) is 6.79 Å². The minimum absolute atomic E-state index is 0.256. The first-order chi connectivity index (χ1) is 10.7. The Morgan fingerprint density at radius 3 is 2.73 bits per heavy atom. The van der Waals surface area contributed by atoms with E-state index in [1.165, 1.54) is 0 Å². The molecule has 0 saturated carbocycles. The lowest BCUT2D eigenvalue weighted by Crippen LogP contribution is -2.10. The largest absolute Gasteiger partial charge is 0.454 e. The molecule has 2 aromatic carbocycles. The molecule has 5 nitrogen and oxygen atoms in total. The van der Waals surface area contributed by atoms with Crippen molar-refractivity contribution in [2.24, 2.45) is 5.10 Å². The molecule has 22 heavy (non-hydrogen) atoms. The molecule has 0 fully saturated rings. The fourth-order valence-corrected chi connectivity index (χ4v) is 3.00. The minimum Gasteiger partial charge on any atom is -0.454 e. The van der Waals surface area contributed by atoms with E-state index >= 15 is 0 Å². The second-order valence-corrected chi connectivity index (χ2v) is 5.63. The lowest BCUT2D eigenvalue weighted by atomic mass is 9.95. The van der Waals surface area contributed by atoms with E-state index in [1.807, 2.05) is 24.3 Å². The summed E-state index contributed by atoms with van der Waals surface area (Å²) in [5.41, 5.74) is 13.3.